The minimum atomic E-state index is 0.286. The summed E-state index contributed by atoms with van der Waals surface area (Å²) < 4.78 is 0. The fourth-order valence-corrected chi connectivity index (χ4v) is 3.50. The molecule has 0 aromatic rings. The molecule has 0 aliphatic heterocycles. The standard InChI is InChI=1S/C18H35NO/c1-13(2)10-19(11-14(3)4)12-17-9-16(15(5)6)7-8-18(17)20/h13-17H,7-12H2,1-6H3. The third-order valence-electron chi connectivity index (χ3n) is 4.47. The number of ketones is 1. The SMILES string of the molecule is CC(C)CN(CC(C)C)CC1CC(C(C)C)CCC1=O. The number of Topliss-reactive ketones (excluding diaryl/α,β-unsaturated/α-hetero) is 1. The highest BCUT2D eigenvalue weighted by atomic mass is 16.1. The van der Waals surface area contributed by atoms with E-state index in [2.05, 4.69) is 46.4 Å². The predicted octanol–water partition coefficient (Wildman–Crippen LogP) is 4.24. The Kier molecular flexibility index (Phi) is 7.22. The molecule has 1 saturated carbocycles. The molecule has 0 aromatic heterocycles. The van der Waals surface area contributed by atoms with E-state index in [9.17, 15) is 4.79 Å². The third kappa shape index (κ3) is 5.95. The van der Waals surface area contributed by atoms with Crippen LogP contribution in [0.2, 0.25) is 0 Å². The zero-order valence-corrected chi connectivity index (χ0v) is 14.5. The van der Waals surface area contributed by atoms with Gasteiger partial charge in [-0.3, -0.25) is 4.79 Å². The summed E-state index contributed by atoms with van der Waals surface area (Å²) in [6.45, 7) is 16.9. The molecule has 1 aliphatic rings. The molecule has 0 N–H and O–H groups in total. The molecule has 1 aliphatic carbocycles. The van der Waals surface area contributed by atoms with Crippen LogP contribution in [0.4, 0.5) is 0 Å². The smallest absolute Gasteiger partial charge is 0.137 e. The summed E-state index contributed by atoms with van der Waals surface area (Å²) in [7, 11) is 0. The molecular weight excluding hydrogens is 246 g/mol. The zero-order chi connectivity index (χ0) is 15.3. The molecule has 2 unspecified atom stereocenters. The maximum Gasteiger partial charge on any atom is 0.137 e. The monoisotopic (exact) mass is 281 g/mol. The molecule has 0 heterocycles. The van der Waals surface area contributed by atoms with Crippen molar-refractivity contribution in [2.45, 2.75) is 60.8 Å². The van der Waals surface area contributed by atoms with E-state index >= 15 is 0 Å². The van der Waals surface area contributed by atoms with E-state index in [1.165, 1.54) is 0 Å². The summed E-state index contributed by atoms with van der Waals surface area (Å²) in [5.41, 5.74) is 0. The van der Waals surface area contributed by atoms with Crippen molar-refractivity contribution in [1.29, 1.82) is 0 Å². The van der Waals surface area contributed by atoms with Gasteiger partial charge < -0.3 is 4.90 Å². The lowest BCUT2D eigenvalue weighted by Crippen LogP contribution is -2.40. The van der Waals surface area contributed by atoms with Crippen LogP contribution in [0.1, 0.15) is 60.8 Å². The molecule has 118 valence electrons. The molecule has 20 heavy (non-hydrogen) atoms. The molecule has 2 nitrogen and oxygen atoms in total. The van der Waals surface area contributed by atoms with Crippen LogP contribution in [0.3, 0.4) is 0 Å². The van der Waals surface area contributed by atoms with Gasteiger partial charge in [0.2, 0.25) is 0 Å². The minimum Gasteiger partial charge on any atom is -0.302 e. The van der Waals surface area contributed by atoms with Gasteiger partial charge in [0.1, 0.15) is 5.78 Å². The maximum atomic E-state index is 12.2. The van der Waals surface area contributed by atoms with Gasteiger partial charge in [-0.25, -0.2) is 0 Å². The van der Waals surface area contributed by atoms with Crippen molar-refractivity contribution in [1.82, 2.24) is 4.90 Å². The second-order valence-electron chi connectivity index (χ2n) is 7.95. The number of hydrogen-bond donors (Lipinski definition) is 0. The van der Waals surface area contributed by atoms with E-state index in [1.807, 2.05) is 0 Å². The molecule has 0 aromatic carbocycles. The molecule has 0 bridgehead atoms. The van der Waals surface area contributed by atoms with Crippen molar-refractivity contribution < 1.29 is 4.79 Å². The molecule has 0 saturated heterocycles. The molecule has 2 atom stereocenters. The van der Waals surface area contributed by atoms with E-state index in [0.717, 1.165) is 44.8 Å². The van der Waals surface area contributed by atoms with Crippen LogP contribution in [-0.4, -0.2) is 30.3 Å². The van der Waals surface area contributed by atoms with Gasteiger partial charge in [-0.1, -0.05) is 41.5 Å². The first-order chi connectivity index (χ1) is 9.29. The highest BCUT2D eigenvalue weighted by Crippen LogP contribution is 2.32. The van der Waals surface area contributed by atoms with Crippen molar-refractivity contribution in [3.05, 3.63) is 0 Å². The van der Waals surface area contributed by atoms with E-state index in [0.29, 0.717) is 23.5 Å². The first kappa shape index (κ1) is 17.7. The molecule has 1 fully saturated rings. The molecule has 0 radical (unpaired) electrons. The van der Waals surface area contributed by atoms with Crippen molar-refractivity contribution in [2.24, 2.45) is 29.6 Å². The Labute approximate surface area is 126 Å². The van der Waals surface area contributed by atoms with Gasteiger partial charge in [-0.05, 0) is 36.5 Å². The van der Waals surface area contributed by atoms with Crippen LogP contribution in [0, 0.1) is 29.6 Å². The van der Waals surface area contributed by atoms with Crippen LogP contribution in [0.15, 0.2) is 0 Å². The Morgan fingerprint density at radius 2 is 1.60 bits per heavy atom. The summed E-state index contributed by atoms with van der Waals surface area (Å²) in [4.78, 5) is 14.8. The van der Waals surface area contributed by atoms with Gasteiger partial charge in [-0.15, -0.1) is 0 Å². The van der Waals surface area contributed by atoms with Crippen molar-refractivity contribution in [3.63, 3.8) is 0 Å². The summed E-state index contributed by atoms with van der Waals surface area (Å²) in [6.07, 6.45) is 3.04. The second-order valence-corrected chi connectivity index (χ2v) is 7.95. The van der Waals surface area contributed by atoms with Gasteiger partial charge in [0.25, 0.3) is 0 Å². The molecular formula is C18H35NO. The first-order valence-corrected chi connectivity index (χ1v) is 8.54. The predicted molar refractivity (Wildman–Crippen MR) is 86.8 cm³/mol. The maximum absolute atomic E-state index is 12.2. The van der Waals surface area contributed by atoms with Gasteiger partial charge in [0, 0.05) is 32.0 Å². The van der Waals surface area contributed by atoms with E-state index in [4.69, 9.17) is 0 Å². The van der Waals surface area contributed by atoms with Crippen LogP contribution in [0.5, 0.6) is 0 Å². The van der Waals surface area contributed by atoms with E-state index in [-0.39, 0.29) is 5.92 Å². The van der Waals surface area contributed by atoms with Crippen LogP contribution in [-0.2, 0) is 4.79 Å². The highest BCUT2D eigenvalue weighted by molar-refractivity contribution is 5.82. The lowest BCUT2D eigenvalue weighted by molar-refractivity contribution is -0.126. The summed E-state index contributed by atoms with van der Waals surface area (Å²) in [6, 6.07) is 0. The summed E-state index contributed by atoms with van der Waals surface area (Å²) in [5, 5.41) is 0. The van der Waals surface area contributed by atoms with E-state index < -0.39 is 0 Å². The molecule has 2 heteroatoms. The van der Waals surface area contributed by atoms with Crippen molar-refractivity contribution in [3.8, 4) is 0 Å². The topological polar surface area (TPSA) is 20.3 Å². The van der Waals surface area contributed by atoms with E-state index in [1.54, 1.807) is 0 Å². The summed E-state index contributed by atoms with van der Waals surface area (Å²) in [5.74, 6) is 3.61. The highest BCUT2D eigenvalue weighted by Gasteiger charge is 2.31. The third-order valence-corrected chi connectivity index (χ3v) is 4.47. The normalized spacial score (nSPS) is 24.4. The summed E-state index contributed by atoms with van der Waals surface area (Å²) >= 11 is 0. The minimum absolute atomic E-state index is 0.286. The van der Waals surface area contributed by atoms with Crippen LogP contribution in [0.25, 0.3) is 0 Å². The molecule has 1 rings (SSSR count). The molecule has 0 amide bonds. The first-order valence-electron chi connectivity index (χ1n) is 8.54. The van der Waals surface area contributed by atoms with Crippen molar-refractivity contribution >= 4 is 5.78 Å². The largest absolute Gasteiger partial charge is 0.302 e. The van der Waals surface area contributed by atoms with Crippen molar-refractivity contribution in [2.75, 3.05) is 19.6 Å². The Bertz CT molecular complexity index is 286. The number of carbonyl (C=O) groups excluding carboxylic acids is 1. The van der Waals surface area contributed by atoms with Gasteiger partial charge >= 0.3 is 0 Å². The number of hydrogen-bond acceptors (Lipinski definition) is 2. The average molecular weight is 281 g/mol. The van der Waals surface area contributed by atoms with Gasteiger partial charge in [0.15, 0.2) is 0 Å². The lowest BCUT2D eigenvalue weighted by Gasteiger charge is -2.35. The van der Waals surface area contributed by atoms with Crippen LogP contribution < -0.4 is 0 Å². The van der Waals surface area contributed by atoms with Gasteiger partial charge in [-0.2, -0.15) is 0 Å². The lowest BCUT2D eigenvalue weighted by atomic mass is 9.75. The second kappa shape index (κ2) is 8.17. The number of carbonyl (C=O) groups is 1. The Balaban J connectivity index is 2.62. The van der Waals surface area contributed by atoms with Gasteiger partial charge in [0.05, 0.1) is 0 Å². The van der Waals surface area contributed by atoms with Crippen LogP contribution >= 0.6 is 0 Å². The molecule has 0 spiro atoms. The quantitative estimate of drug-likeness (QED) is 0.695. The number of nitrogens with zero attached hydrogens (tertiary/aromatic N) is 1. The average Bonchev–Trinajstić information content (AvgIpc) is 2.29. The fraction of sp³-hybridized carbons (Fsp3) is 0.944. The Morgan fingerprint density at radius 1 is 1.05 bits per heavy atom. The Hall–Kier alpha value is -0.370. The Morgan fingerprint density at radius 3 is 2.05 bits per heavy atom. The zero-order valence-electron chi connectivity index (χ0n) is 14.5. The fourth-order valence-electron chi connectivity index (χ4n) is 3.50. The number of rotatable bonds is 7.